The molecule has 0 saturated carbocycles. The SMILES string of the molecule is COc1ccccc1OCCNC(C)C(Cl)c1ccc(OC)c(S(N)(=O)=O)c1. The number of benzene rings is 2. The van der Waals surface area contributed by atoms with Gasteiger partial charge in [0.05, 0.1) is 19.6 Å². The average Bonchev–Trinajstić information content (AvgIpc) is 2.69. The molecule has 2 atom stereocenters. The second-order valence-corrected chi connectivity index (χ2v) is 8.10. The summed E-state index contributed by atoms with van der Waals surface area (Å²) in [5.74, 6) is 1.51. The summed E-state index contributed by atoms with van der Waals surface area (Å²) in [7, 11) is -0.950. The van der Waals surface area contributed by atoms with Crippen LogP contribution in [0.4, 0.5) is 0 Å². The highest BCUT2D eigenvalue weighted by Crippen LogP contribution is 2.31. The van der Waals surface area contributed by atoms with Crippen molar-refractivity contribution < 1.29 is 22.6 Å². The van der Waals surface area contributed by atoms with Gasteiger partial charge in [0.25, 0.3) is 0 Å². The van der Waals surface area contributed by atoms with Gasteiger partial charge in [0.1, 0.15) is 17.3 Å². The second-order valence-electron chi connectivity index (χ2n) is 6.10. The van der Waals surface area contributed by atoms with E-state index in [9.17, 15) is 8.42 Å². The lowest BCUT2D eigenvalue weighted by atomic mass is 10.1. The highest BCUT2D eigenvalue weighted by Gasteiger charge is 2.21. The minimum atomic E-state index is -3.92. The topological polar surface area (TPSA) is 99.9 Å². The van der Waals surface area contributed by atoms with Crippen LogP contribution in [0.1, 0.15) is 17.9 Å². The van der Waals surface area contributed by atoms with Crippen molar-refractivity contribution in [2.75, 3.05) is 27.4 Å². The Hall–Kier alpha value is -2.00. The first-order valence-corrected chi connectivity index (χ1v) is 10.6. The molecule has 0 radical (unpaired) electrons. The fourth-order valence-corrected chi connectivity index (χ4v) is 3.62. The molecule has 2 aromatic carbocycles. The molecule has 3 N–H and O–H groups in total. The average molecular weight is 429 g/mol. The van der Waals surface area contributed by atoms with Crippen LogP contribution in [0.3, 0.4) is 0 Å². The Morgan fingerprint density at radius 1 is 1.07 bits per heavy atom. The smallest absolute Gasteiger partial charge is 0.241 e. The van der Waals surface area contributed by atoms with Crippen LogP contribution in [-0.4, -0.2) is 41.8 Å². The standard InChI is InChI=1S/C19H25ClN2O5S/c1-13(22-10-11-27-16-7-5-4-6-15(16)25-2)19(20)14-8-9-17(26-3)18(12-14)28(21,23)24/h4-9,12-13,19,22H,10-11H2,1-3H3,(H2,21,23,24). The molecule has 0 aromatic heterocycles. The fraction of sp³-hybridized carbons (Fsp3) is 0.368. The summed E-state index contributed by atoms with van der Waals surface area (Å²) in [5.41, 5.74) is 0.622. The van der Waals surface area contributed by atoms with E-state index < -0.39 is 15.4 Å². The zero-order valence-corrected chi connectivity index (χ0v) is 17.6. The van der Waals surface area contributed by atoms with Crippen LogP contribution < -0.4 is 24.7 Å². The van der Waals surface area contributed by atoms with E-state index in [0.29, 0.717) is 30.2 Å². The maximum absolute atomic E-state index is 11.8. The number of hydrogen-bond acceptors (Lipinski definition) is 6. The Labute approximate surface area is 170 Å². The van der Waals surface area contributed by atoms with Crippen LogP contribution >= 0.6 is 11.6 Å². The third kappa shape index (κ3) is 5.75. The Morgan fingerprint density at radius 2 is 1.71 bits per heavy atom. The molecule has 0 spiro atoms. The monoisotopic (exact) mass is 428 g/mol. The molecule has 28 heavy (non-hydrogen) atoms. The van der Waals surface area contributed by atoms with Gasteiger partial charge in [-0.25, -0.2) is 13.6 Å². The molecule has 2 unspecified atom stereocenters. The van der Waals surface area contributed by atoms with Crippen LogP contribution in [0.2, 0.25) is 0 Å². The van der Waals surface area contributed by atoms with Crippen molar-refractivity contribution in [3.63, 3.8) is 0 Å². The largest absolute Gasteiger partial charge is 0.495 e. The first-order chi connectivity index (χ1) is 13.3. The van der Waals surface area contributed by atoms with E-state index in [2.05, 4.69) is 5.32 Å². The minimum Gasteiger partial charge on any atom is -0.495 e. The number of nitrogens with one attached hydrogen (secondary N) is 1. The summed E-state index contributed by atoms with van der Waals surface area (Å²) in [6.45, 7) is 2.86. The van der Waals surface area contributed by atoms with Crippen LogP contribution in [0, 0.1) is 0 Å². The highest BCUT2D eigenvalue weighted by atomic mass is 35.5. The maximum atomic E-state index is 11.8. The molecule has 0 fully saturated rings. The predicted octanol–water partition coefficient (Wildman–Crippen LogP) is 2.69. The normalized spacial score (nSPS) is 13.6. The molecule has 2 rings (SSSR count). The summed E-state index contributed by atoms with van der Waals surface area (Å²) in [5, 5.41) is 8.05. The van der Waals surface area contributed by atoms with Crippen molar-refractivity contribution in [2.45, 2.75) is 23.2 Å². The van der Waals surface area contributed by atoms with E-state index in [1.807, 2.05) is 31.2 Å². The number of rotatable bonds is 10. The molecule has 0 amide bonds. The molecular formula is C19H25ClN2O5S. The first-order valence-electron chi connectivity index (χ1n) is 8.62. The number of ether oxygens (including phenoxy) is 3. The molecule has 0 saturated heterocycles. The van der Waals surface area contributed by atoms with Crippen molar-refractivity contribution >= 4 is 21.6 Å². The zero-order chi connectivity index (χ0) is 20.7. The maximum Gasteiger partial charge on any atom is 0.241 e. The second kappa shape index (κ2) is 9.97. The van der Waals surface area contributed by atoms with E-state index in [4.69, 9.17) is 31.0 Å². The highest BCUT2D eigenvalue weighted by molar-refractivity contribution is 7.89. The van der Waals surface area contributed by atoms with Crippen molar-refractivity contribution in [2.24, 2.45) is 5.14 Å². The first kappa shape index (κ1) is 22.3. The Bertz CT molecular complexity index is 892. The van der Waals surface area contributed by atoms with Gasteiger partial charge in [-0.3, -0.25) is 0 Å². The number of halogens is 1. The third-order valence-corrected chi connectivity index (χ3v) is 5.71. The van der Waals surface area contributed by atoms with E-state index in [0.717, 1.165) is 0 Å². The van der Waals surface area contributed by atoms with Crippen LogP contribution in [0.15, 0.2) is 47.4 Å². The van der Waals surface area contributed by atoms with Gasteiger partial charge in [-0.1, -0.05) is 18.2 Å². The lowest BCUT2D eigenvalue weighted by Crippen LogP contribution is -2.33. The Morgan fingerprint density at radius 3 is 2.32 bits per heavy atom. The Kier molecular flexibility index (Phi) is 7.94. The Balaban J connectivity index is 1.96. The van der Waals surface area contributed by atoms with Gasteiger partial charge >= 0.3 is 0 Å². The van der Waals surface area contributed by atoms with Crippen LogP contribution in [0.25, 0.3) is 0 Å². The quantitative estimate of drug-likeness (QED) is 0.445. The summed E-state index contributed by atoms with van der Waals surface area (Å²) < 4.78 is 39.6. The van der Waals surface area contributed by atoms with Gasteiger partial charge in [-0.15, -0.1) is 11.6 Å². The molecule has 7 nitrogen and oxygen atoms in total. The minimum absolute atomic E-state index is 0.0927. The number of alkyl halides is 1. The van der Waals surface area contributed by atoms with E-state index in [1.54, 1.807) is 19.2 Å². The number of sulfonamides is 1. The van der Waals surface area contributed by atoms with E-state index in [1.165, 1.54) is 13.2 Å². The number of nitrogens with two attached hydrogens (primary N) is 1. The van der Waals surface area contributed by atoms with Crippen molar-refractivity contribution in [3.8, 4) is 17.2 Å². The molecule has 2 aromatic rings. The summed E-state index contributed by atoms with van der Waals surface area (Å²) in [6, 6.07) is 12.0. The van der Waals surface area contributed by atoms with Gasteiger partial charge in [0.15, 0.2) is 11.5 Å². The summed E-state index contributed by atoms with van der Waals surface area (Å²) >= 11 is 6.52. The third-order valence-electron chi connectivity index (χ3n) is 4.15. The van der Waals surface area contributed by atoms with Gasteiger partial charge in [0, 0.05) is 12.6 Å². The van der Waals surface area contributed by atoms with Crippen molar-refractivity contribution in [1.29, 1.82) is 0 Å². The fourth-order valence-electron chi connectivity index (χ4n) is 2.66. The molecule has 0 heterocycles. The lowest BCUT2D eigenvalue weighted by Gasteiger charge is -2.21. The molecular weight excluding hydrogens is 404 g/mol. The summed E-state index contributed by atoms with van der Waals surface area (Å²) in [4.78, 5) is -0.0927. The van der Waals surface area contributed by atoms with Crippen molar-refractivity contribution in [3.05, 3.63) is 48.0 Å². The van der Waals surface area contributed by atoms with Gasteiger partial charge in [-0.2, -0.15) is 0 Å². The molecule has 0 aliphatic carbocycles. The molecule has 0 aliphatic rings. The molecule has 0 bridgehead atoms. The van der Waals surface area contributed by atoms with Crippen LogP contribution in [-0.2, 0) is 10.0 Å². The number of primary sulfonamides is 1. The van der Waals surface area contributed by atoms with Gasteiger partial charge in [-0.05, 0) is 36.8 Å². The van der Waals surface area contributed by atoms with Crippen molar-refractivity contribution in [1.82, 2.24) is 5.32 Å². The van der Waals surface area contributed by atoms with Crippen LogP contribution in [0.5, 0.6) is 17.2 Å². The van der Waals surface area contributed by atoms with E-state index in [-0.39, 0.29) is 16.7 Å². The number of hydrogen-bond donors (Lipinski definition) is 2. The molecule has 9 heteroatoms. The number of methoxy groups -OCH3 is 2. The summed E-state index contributed by atoms with van der Waals surface area (Å²) in [6.07, 6.45) is 0. The lowest BCUT2D eigenvalue weighted by molar-refractivity contribution is 0.286. The predicted molar refractivity (Wildman–Crippen MR) is 109 cm³/mol. The molecule has 0 aliphatic heterocycles. The zero-order valence-electron chi connectivity index (χ0n) is 16.0. The molecule has 154 valence electrons. The number of para-hydroxylation sites is 2. The van der Waals surface area contributed by atoms with Gasteiger partial charge in [0.2, 0.25) is 10.0 Å². The van der Waals surface area contributed by atoms with Gasteiger partial charge < -0.3 is 19.5 Å². The van der Waals surface area contributed by atoms with E-state index >= 15 is 0 Å².